The number of nitrogens with one attached hydrogen (secondary N) is 1. The molecule has 1 aromatic heterocycles. The molecule has 0 unspecified atom stereocenters. The number of H-pyrrole nitrogens is 1. The summed E-state index contributed by atoms with van der Waals surface area (Å²) in [5.41, 5.74) is 1.91. The Labute approximate surface area is 92.5 Å². The molecule has 2 aromatic carbocycles. The number of fused-ring (bicyclic) bond motifs is 3. The molecule has 2 heteroatoms. The van der Waals surface area contributed by atoms with Crippen LogP contribution in [0.25, 0.3) is 21.7 Å². The fourth-order valence-electron chi connectivity index (χ4n) is 2.17. The van der Waals surface area contributed by atoms with Crippen LogP contribution in [-0.4, -0.2) is 4.98 Å². The van der Waals surface area contributed by atoms with Gasteiger partial charge in [0.15, 0.2) is 0 Å². The van der Waals surface area contributed by atoms with Crippen molar-refractivity contribution in [1.82, 2.24) is 4.98 Å². The molecule has 3 rings (SSSR count). The highest BCUT2D eigenvalue weighted by Gasteiger charge is 2.03. The average molecular weight is 209 g/mol. The predicted molar refractivity (Wildman–Crippen MR) is 66.8 cm³/mol. The van der Waals surface area contributed by atoms with Gasteiger partial charge in [-0.1, -0.05) is 36.4 Å². The highest BCUT2D eigenvalue weighted by atomic mass is 16.1. The highest BCUT2D eigenvalue weighted by Crippen LogP contribution is 2.24. The minimum absolute atomic E-state index is 0.0404. The molecule has 78 valence electrons. The Kier molecular flexibility index (Phi) is 1.83. The van der Waals surface area contributed by atoms with Crippen LogP contribution in [0, 0.1) is 6.92 Å². The number of rotatable bonds is 0. The lowest BCUT2D eigenvalue weighted by Gasteiger charge is -2.05. The zero-order valence-electron chi connectivity index (χ0n) is 8.95. The summed E-state index contributed by atoms with van der Waals surface area (Å²) in [5.74, 6) is 0. The summed E-state index contributed by atoms with van der Waals surface area (Å²) >= 11 is 0. The molecule has 0 spiro atoms. The summed E-state index contributed by atoms with van der Waals surface area (Å²) in [6.07, 6.45) is 0. The molecular weight excluding hydrogens is 198 g/mol. The molecule has 0 aliphatic carbocycles. The topological polar surface area (TPSA) is 32.9 Å². The molecule has 0 saturated heterocycles. The van der Waals surface area contributed by atoms with Crippen molar-refractivity contribution in [3.05, 3.63) is 58.4 Å². The molecule has 0 radical (unpaired) electrons. The van der Waals surface area contributed by atoms with Gasteiger partial charge in [0.1, 0.15) is 0 Å². The number of pyridine rings is 1. The molecule has 3 aromatic rings. The van der Waals surface area contributed by atoms with Crippen molar-refractivity contribution in [3.8, 4) is 0 Å². The van der Waals surface area contributed by atoms with E-state index in [1.165, 1.54) is 0 Å². The first kappa shape index (κ1) is 9.16. The van der Waals surface area contributed by atoms with Crippen molar-refractivity contribution in [2.24, 2.45) is 0 Å². The van der Waals surface area contributed by atoms with Crippen molar-refractivity contribution in [1.29, 1.82) is 0 Å². The van der Waals surface area contributed by atoms with Crippen molar-refractivity contribution >= 4 is 21.7 Å². The third kappa shape index (κ3) is 1.23. The minimum atomic E-state index is -0.0404. The van der Waals surface area contributed by atoms with Gasteiger partial charge in [-0.2, -0.15) is 0 Å². The Morgan fingerprint density at radius 1 is 1.00 bits per heavy atom. The number of aromatic amines is 1. The van der Waals surface area contributed by atoms with Crippen LogP contribution in [0.3, 0.4) is 0 Å². The standard InChI is InChI=1S/C14H11NO/c1-9-8-13(16)15-14-11(9)7-6-10-4-2-3-5-12(10)14/h2-8H,1H3,(H,15,16). The SMILES string of the molecule is Cc1cc(=O)[nH]c2c1ccc1ccccc12. The number of benzene rings is 2. The van der Waals surface area contributed by atoms with Gasteiger partial charge in [0, 0.05) is 16.8 Å². The number of aromatic nitrogens is 1. The lowest BCUT2D eigenvalue weighted by molar-refractivity contribution is 1.29. The summed E-state index contributed by atoms with van der Waals surface area (Å²) in [6.45, 7) is 1.96. The third-order valence-electron chi connectivity index (χ3n) is 2.95. The van der Waals surface area contributed by atoms with Crippen LogP contribution >= 0.6 is 0 Å². The van der Waals surface area contributed by atoms with Crippen LogP contribution in [0.5, 0.6) is 0 Å². The first-order valence-corrected chi connectivity index (χ1v) is 5.27. The van der Waals surface area contributed by atoms with Crippen molar-refractivity contribution in [2.75, 3.05) is 0 Å². The van der Waals surface area contributed by atoms with Crippen molar-refractivity contribution < 1.29 is 0 Å². The van der Waals surface area contributed by atoms with Crippen LogP contribution in [0.4, 0.5) is 0 Å². The Hall–Kier alpha value is -2.09. The molecule has 16 heavy (non-hydrogen) atoms. The van der Waals surface area contributed by atoms with E-state index in [9.17, 15) is 4.79 Å². The fraction of sp³-hybridized carbons (Fsp3) is 0.0714. The molecule has 2 nitrogen and oxygen atoms in total. The quantitative estimate of drug-likeness (QED) is 0.567. The van der Waals surface area contributed by atoms with E-state index >= 15 is 0 Å². The van der Waals surface area contributed by atoms with Crippen LogP contribution in [0.1, 0.15) is 5.56 Å². The molecular formula is C14H11NO. The minimum Gasteiger partial charge on any atom is -0.321 e. The molecule has 1 heterocycles. The zero-order valence-corrected chi connectivity index (χ0v) is 8.95. The monoisotopic (exact) mass is 209 g/mol. The van der Waals surface area contributed by atoms with Gasteiger partial charge in [-0.3, -0.25) is 4.79 Å². The first-order valence-electron chi connectivity index (χ1n) is 5.27. The van der Waals surface area contributed by atoms with E-state index in [0.717, 1.165) is 27.2 Å². The van der Waals surface area contributed by atoms with E-state index in [1.54, 1.807) is 6.07 Å². The van der Waals surface area contributed by atoms with Gasteiger partial charge in [0.2, 0.25) is 5.56 Å². The van der Waals surface area contributed by atoms with Gasteiger partial charge in [0.05, 0.1) is 5.52 Å². The van der Waals surface area contributed by atoms with Crippen LogP contribution < -0.4 is 5.56 Å². The van der Waals surface area contributed by atoms with Gasteiger partial charge in [-0.15, -0.1) is 0 Å². The molecule has 0 saturated carbocycles. The van der Waals surface area contributed by atoms with Crippen molar-refractivity contribution in [3.63, 3.8) is 0 Å². The lowest BCUT2D eigenvalue weighted by Crippen LogP contribution is -2.04. The normalized spacial score (nSPS) is 11.1. The predicted octanol–water partition coefficient (Wildman–Crippen LogP) is 2.99. The summed E-state index contributed by atoms with van der Waals surface area (Å²) in [5, 5.41) is 3.36. The van der Waals surface area contributed by atoms with E-state index in [0.29, 0.717) is 0 Å². The maximum Gasteiger partial charge on any atom is 0.248 e. The Balaban J connectivity index is 2.65. The van der Waals surface area contributed by atoms with Crippen molar-refractivity contribution in [2.45, 2.75) is 6.92 Å². The molecule has 0 amide bonds. The van der Waals surface area contributed by atoms with E-state index in [2.05, 4.69) is 23.2 Å². The fourth-order valence-corrected chi connectivity index (χ4v) is 2.17. The molecule has 0 fully saturated rings. The lowest BCUT2D eigenvalue weighted by atomic mass is 10.0. The van der Waals surface area contributed by atoms with E-state index in [-0.39, 0.29) is 5.56 Å². The van der Waals surface area contributed by atoms with Gasteiger partial charge >= 0.3 is 0 Å². The highest BCUT2D eigenvalue weighted by molar-refractivity contribution is 6.05. The molecule has 0 aliphatic heterocycles. The Morgan fingerprint density at radius 3 is 2.69 bits per heavy atom. The largest absolute Gasteiger partial charge is 0.321 e. The third-order valence-corrected chi connectivity index (χ3v) is 2.95. The number of aryl methyl sites for hydroxylation is 1. The summed E-state index contributed by atoms with van der Waals surface area (Å²) in [6, 6.07) is 13.9. The van der Waals surface area contributed by atoms with E-state index < -0.39 is 0 Å². The second-order valence-electron chi connectivity index (χ2n) is 4.03. The number of hydrogen-bond donors (Lipinski definition) is 1. The summed E-state index contributed by atoms with van der Waals surface area (Å²) in [7, 11) is 0. The summed E-state index contributed by atoms with van der Waals surface area (Å²) in [4.78, 5) is 14.4. The van der Waals surface area contributed by atoms with Gasteiger partial charge < -0.3 is 4.98 Å². The van der Waals surface area contributed by atoms with Gasteiger partial charge in [-0.25, -0.2) is 0 Å². The summed E-state index contributed by atoms with van der Waals surface area (Å²) < 4.78 is 0. The smallest absolute Gasteiger partial charge is 0.248 e. The molecule has 0 aliphatic rings. The van der Waals surface area contributed by atoms with Gasteiger partial charge in [-0.05, 0) is 17.9 Å². The Bertz CT molecular complexity index is 740. The van der Waals surface area contributed by atoms with E-state index in [4.69, 9.17) is 0 Å². The Morgan fingerprint density at radius 2 is 1.81 bits per heavy atom. The maximum atomic E-state index is 11.5. The average Bonchev–Trinajstić information content (AvgIpc) is 2.28. The van der Waals surface area contributed by atoms with Crippen LogP contribution in [0.15, 0.2) is 47.3 Å². The van der Waals surface area contributed by atoms with Gasteiger partial charge in [0.25, 0.3) is 0 Å². The molecule has 1 N–H and O–H groups in total. The first-order chi connectivity index (χ1) is 7.75. The van der Waals surface area contributed by atoms with Crippen LogP contribution in [-0.2, 0) is 0 Å². The maximum absolute atomic E-state index is 11.5. The van der Waals surface area contributed by atoms with Crippen LogP contribution in [0.2, 0.25) is 0 Å². The van der Waals surface area contributed by atoms with E-state index in [1.807, 2.05) is 25.1 Å². The number of hydrogen-bond acceptors (Lipinski definition) is 1. The second-order valence-corrected chi connectivity index (χ2v) is 4.03. The molecule has 0 bridgehead atoms. The molecule has 0 atom stereocenters. The second kappa shape index (κ2) is 3.20. The zero-order chi connectivity index (χ0) is 11.1.